The summed E-state index contributed by atoms with van der Waals surface area (Å²) in [6, 6.07) is 8.14. The zero-order chi connectivity index (χ0) is 16.1. The third-order valence-electron chi connectivity index (χ3n) is 3.31. The Morgan fingerprint density at radius 1 is 1.27 bits per heavy atom. The van der Waals surface area contributed by atoms with Crippen LogP contribution in [0.3, 0.4) is 0 Å². The van der Waals surface area contributed by atoms with Crippen LogP contribution in [0.4, 0.5) is 0 Å². The van der Waals surface area contributed by atoms with E-state index in [4.69, 9.17) is 4.74 Å². The van der Waals surface area contributed by atoms with E-state index in [-0.39, 0.29) is 11.2 Å². The van der Waals surface area contributed by atoms with Crippen molar-refractivity contribution in [3.63, 3.8) is 0 Å². The first kappa shape index (κ1) is 16.5. The second-order valence-corrected chi connectivity index (χ2v) is 6.17. The lowest BCUT2D eigenvalue weighted by Gasteiger charge is -2.12. The minimum atomic E-state index is -0.256. The highest BCUT2D eigenvalue weighted by Gasteiger charge is 2.22. The maximum atomic E-state index is 11.9. The molecule has 0 amide bonds. The molecule has 118 valence electrons. The van der Waals surface area contributed by atoms with Crippen LogP contribution < -0.4 is 0 Å². The highest BCUT2D eigenvalue weighted by atomic mass is 32.2. The molecule has 0 saturated heterocycles. The molecule has 1 heterocycles. The summed E-state index contributed by atoms with van der Waals surface area (Å²) in [5.74, 6) is 0.594. The average molecular weight is 319 g/mol. The molecule has 1 aromatic heterocycles. The first-order valence-corrected chi connectivity index (χ1v) is 8.24. The average Bonchev–Trinajstić information content (AvgIpc) is 2.87. The summed E-state index contributed by atoms with van der Waals surface area (Å²) in [5, 5.41) is 8.92. The normalized spacial score (nSPS) is 12.2. The van der Waals surface area contributed by atoms with Gasteiger partial charge in [0.25, 0.3) is 0 Å². The highest BCUT2D eigenvalue weighted by Crippen LogP contribution is 2.27. The second-order valence-electron chi connectivity index (χ2n) is 5.00. The maximum Gasteiger partial charge on any atom is 0.319 e. The molecule has 0 aliphatic carbocycles. The molecule has 2 rings (SSSR count). The number of ether oxygens (including phenoxy) is 1. The predicted molar refractivity (Wildman–Crippen MR) is 87.7 cm³/mol. The number of carbonyl (C=O) groups excluding carboxylic acids is 1. The van der Waals surface area contributed by atoms with Gasteiger partial charge in [0.05, 0.1) is 6.61 Å². The van der Waals surface area contributed by atoms with E-state index in [1.165, 1.54) is 17.3 Å². The van der Waals surface area contributed by atoms with Crippen LogP contribution in [0, 0.1) is 6.92 Å². The van der Waals surface area contributed by atoms with Crippen molar-refractivity contribution in [2.24, 2.45) is 7.05 Å². The topological polar surface area (TPSA) is 57.0 Å². The molecule has 0 N–H and O–H groups in total. The second kappa shape index (κ2) is 7.45. The van der Waals surface area contributed by atoms with Crippen LogP contribution in [-0.4, -0.2) is 32.6 Å². The number of aromatic nitrogens is 3. The molecular weight excluding hydrogens is 298 g/mol. The molecule has 1 atom stereocenters. The number of aryl methyl sites for hydroxylation is 1. The van der Waals surface area contributed by atoms with Crippen molar-refractivity contribution < 1.29 is 9.53 Å². The zero-order valence-electron chi connectivity index (χ0n) is 13.4. The number of thioether (sulfide) groups is 1. The number of hydrogen-bond acceptors (Lipinski definition) is 5. The lowest BCUT2D eigenvalue weighted by molar-refractivity contribution is -0.142. The van der Waals surface area contributed by atoms with Gasteiger partial charge in [-0.15, -0.1) is 10.2 Å². The minimum absolute atomic E-state index is 0.199. The van der Waals surface area contributed by atoms with Crippen LogP contribution >= 0.6 is 11.8 Å². The van der Waals surface area contributed by atoms with Gasteiger partial charge in [0.1, 0.15) is 5.25 Å². The van der Waals surface area contributed by atoms with E-state index in [0.29, 0.717) is 13.0 Å². The predicted octanol–water partition coefficient (Wildman–Crippen LogP) is 3.22. The summed E-state index contributed by atoms with van der Waals surface area (Å²) in [7, 11) is 1.91. The Morgan fingerprint density at radius 2 is 1.95 bits per heavy atom. The fraction of sp³-hybridized carbons (Fsp3) is 0.438. The summed E-state index contributed by atoms with van der Waals surface area (Å²) in [5.41, 5.74) is 2.21. The minimum Gasteiger partial charge on any atom is -0.465 e. The van der Waals surface area contributed by atoms with Crippen molar-refractivity contribution in [2.45, 2.75) is 37.6 Å². The van der Waals surface area contributed by atoms with Crippen LogP contribution in [0.1, 0.15) is 25.8 Å². The van der Waals surface area contributed by atoms with E-state index >= 15 is 0 Å². The smallest absolute Gasteiger partial charge is 0.319 e. The molecule has 0 bridgehead atoms. The largest absolute Gasteiger partial charge is 0.465 e. The molecular formula is C16H21N3O2S. The SMILES string of the molecule is CCOC(=O)[C@@H](CC)Sc1nnc(-c2ccc(C)cc2)n1C. The van der Waals surface area contributed by atoms with Gasteiger partial charge < -0.3 is 9.30 Å². The van der Waals surface area contributed by atoms with E-state index in [0.717, 1.165) is 16.5 Å². The molecule has 1 aromatic carbocycles. The van der Waals surface area contributed by atoms with Crippen LogP contribution in [0.25, 0.3) is 11.4 Å². The van der Waals surface area contributed by atoms with E-state index < -0.39 is 0 Å². The van der Waals surface area contributed by atoms with Crippen LogP contribution in [0.2, 0.25) is 0 Å². The number of carbonyl (C=O) groups is 1. The Balaban J connectivity index is 2.20. The maximum absolute atomic E-state index is 11.9. The van der Waals surface area contributed by atoms with Gasteiger partial charge in [-0.1, -0.05) is 48.5 Å². The van der Waals surface area contributed by atoms with E-state index in [2.05, 4.69) is 10.2 Å². The van der Waals surface area contributed by atoms with Gasteiger partial charge in [-0.3, -0.25) is 4.79 Å². The summed E-state index contributed by atoms with van der Waals surface area (Å²) in [4.78, 5) is 11.9. The van der Waals surface area contributed by atoms with Gasteiger partial charge in [-0.2, -0.15) is 0 Å². The van der Waals surface area contributed by atoms with Crippen LogP contribution in [0.15, 0.2) is 29.4 Å². The number of hydrogen-bond donors (Lipinski definition) is 0. The molecule has 5 nitrogen and oxygen atoms in total. The summed E-state index contributed by atoms with van der Waals surface area (Å²) in [6.45, 7) is 6.22. The fourth-order valence-electron chi connectivity index (χ4n) is 2.03. The third-order valence-corrected chi connectivity index (χ3v) is 4.69. The van der Waals surface area contributed by atoms with Gasteiger partial charge in [-0.25, -0.2) is 0 Å². The monoisotopic (exact) mass is 319 g/mol. The molecule has 22 heavy (non-hydrogen) atoms. The molecule has 0 fully saturated rings. The first-order chi connectivity index (χ1) is 10.6. The number of esters is 1. The standard InChI is InChI=1S/C16H21N3O2S/c1-5-13(15(20)21-6-2)22-16-18-17-14(19(16)4)12-9-7-11(3)8-10-12/h7-10,13H,5-6H2,1-4H3/t13-/m1/s1. The van der Waals surface area contributed by atoms with Gasteiger partial charge in [0.15, 0.2) is 11.0 Å². The summed E-state index contributed by atoms with van der Waals surface area (Å²) in [6.07, 6.45) is 0.691. The molecule has 0 unspecified atom stereocenters. The molecule has 6 heteroatoms. The Hall–Kier alpha value is -1.82. The van der Waals surface area contributed by atoms with Gasteiger partial charge >= 0.3 is 5.97 Å². The van der Waals surface area contributed by atoms with E-state index in [9.17, 15) is 4.79 Å². The van der Waals surface area contributed by atoms with Gasteiger partial charge in [-0.05, 0) is 20.3 Å². The fourth-order valence-corrected chi connectivity index (χ4v) is 2.95. The van der Waals surface area contributed by atoms with Crippen LogP contribution in [0.5, 0.6) is 0 Å². The molecule has 2 aromatic rings. The van der Waals surface area contributed by atoms with Crippen molar-refractivity contribution in [3.8, 4) is 11.4 Å². The van der Waals surface area contributed by atoms with Gasteiger partial charge in [0.2, 0.25) is 0 Å². The molecule has 0 radical (unpaired) electrons. The van der Waals surface area contributed by atoms with Crippen molar-refractivity contribution >= 4 is 17.7 Å². The third kappa shape index (κ3) is 3.68. The van der Waals surface area contributed by atoms with Gasteiger partial charge in [0, 0.05) is 12.6 Å². The highest BCUT2D eigenvalue weighted by molar-refractivity contribution is 8.00. The summed E-state index contributed by atoms with van der Waals surface area (Å²) >= 11 is 1.40. The molecule has 0 spiro atoms. The number of rotatable bonds is 6. The zero-order valence-corrected chi connectivity index (χ0v) is 14.2. The van der Waals surface area contributed by atoms with E-state index in [1.54, 1.807) is 0 Å². The lowest BCUT2D eigenvalue weighted by atomic mass is 10.1. The van der Waals surface area contributed by atoms with Crippen molar-refractivity contribution in [1.29, 1.82) is 0 Å². The Bertz CT molecular complexity index is 637. The molecule has 0 aliphatic heterocycles. The van der Waals surface area contributed by atoms with E-state index in [1.807, 2.05) is 56.7 Å². The number of benzene rings is 1. The Morgan fingerprint density at radius 3 is 2.55 bits per heavy atom. The van der Waals surface area contributed by atoms with Crippen molar-refractivity contribution in [3.05, 3.63) is 29.8 Å². The number of nitrogens with zero attached hydrogens (tertiary/aromatic N) is 3. The first-order valence-electron chi connectivity index (χ1n) is 7.36. The Labute approximate surface area is 135 Å². The summed E-state index contributed by atoms with van der Waals surface area (Å²) < 4.78 is 7.01. The van der Waals surface area contributed by atoms with Crippen molar-refractivity contribution in [1.82, 2.24) is 14.8 Å². The van der Waals surface area contributed by atoms with Crippen LogP contribution in [-0.2, 0) is 16.6 Å². The molecule has 0 saturated carbocycles. The lowest BCUT2D eigenvalue weighted by Crippen LogP contribution is -2.20. The molecule has 0 aliphatic rings. The van der Waals surface area contributed by atoms with Crippen molar-refractivity contribution in [2.75, 3.05) is 6.61 Å². The Kier molecular flexibility index (Phi) is 5.60. The quantitative estimate of drug-likeness (QED) is 0.604.